The molecule has 4 heteroatoms. The number of aromatic nitrogens is 1. The van der Waals surface area contributed by atoms with Gasteiger partial charge in [0.2, 0.25) is 0 Å². The molecule has 1 aromatic heterocycles. The standard InChI is InChI=1S/C14H10INO2/c15-11-3-4-12-13(14(11)18)10-2-1-8(7-17)5-9(10)6-16-12/h1-6,11,17H,7H2. The minimum absolute atomic E-state index is 0.00418. The van der Waals surface area contributed by atoms with Crippen LogP contribution in [0.4, 0.5) is 0 Å². The molecular formula is C14H10INO2. The summed E-state index contributed by atoms with van der Waals surface area (Å²) in [6, 6.07) is 5.61. The van der Waals surface area contributed by atoms with Gasteiger partial charge in [-0.05, 0) is 23.1 Å². The Morgan fingerprint density at radius 1 is 1.39 bits per heavy atom. The molecule has 1 aliphatic carbocycles. The number of ketones is 1. The van der Waals surface area contributed by atoms with E-state index in [1.54, 1.807) is 6.20 Å². The quantitative estimate of drug-likeness (QED) is 0.635. The second kappa shape index (κ2) is 4.44. The van der Waals surface area contributed by atoms with Crippen molar-refractivity contribution >= 4 is 45.2 Å². The fourth-order valence-corrected chi connectivity index (χ4v) is 2.69. The number of hydrogen-bond donors (Lipinski definition) is 1. The highest BCUT2D eigenvalue weighted by Crippen LogP contribution is 2.29. The summed E-state index contributed by atoms with van der Waals surface area (Å²) in [6.07, 6.45) is 5.51. The van der Waals surface area contributed by atoms with Crippen molar-refractivity contribution in [2.45, 2.75) is 10.5 Å². The van der Waals surface area contributed by atoms with Crippen molar-refractivity contribution in [1.29, 1.82) is 0 Å². The predicted molar refractivity (Wildman–Crippen MR) is 78.8 cm³/mol. The normalized spacial score (nSPS) is 18.1. The molecule has 1 atom stereocenters. The molecule has 0 aliphatic heterocycles. The van der Waals surface area contributed by atoms with Gasteiger partial charge < -0.3 is 5.11 Å². The number of nitrogens with zero attached hydrogens (tertiary/aromatic N) is 1. The lowest BCUT2D eigenvalue weighted by atomic mass is 9.94. The first kappa shape index (κ1) is 11.8. The SMILES string of the molecule is O=C1c2c(ncc3cc(CO)ccc23)C=CC1I. The molecule has 0 spiro atoms. The molecule has 0 radical (unpaired) electrons. The number of hydrogen-bond acceptors (Lipinski definition) is 3. The molecule has 3 rings (SSSR count). The van der Waals surface area contributed by atoms with E-state index in [4.69, 9.17) is 5.11 Å². The number of alkyl halides is 1. The van der Waals surface area contributed by atoms with E-state index < -0.39 is 0 Å². The predicted octanol–water partition coefficient (Wildman–Crippen LogP) is 2.74. The Bertz CT molecular complexity index is 679. The summed E-state index contributed by atoms with van der Waals surface area (Å²) in [7, 11) is 0. The minimum Gasteiger partial charge on any atom is -0.392 e. The van der Waals surface area contributed by atoms with Crippen LogP contribution in [0.1, 0.15) is 21.6 Å². The summed E-state index contributed by atoms with van der Waals surface area (Å²) in [5.74, 6) is 0.1000. The summed E-state index contributed by atoms with van der Waals surface area (Å²) >= 11 is 2.12. The van der Waals surface area contributed by atoms with Gasteiger partial charge in [-0.2, -0.15) is 0 Å². The number of halogens is 1. The van der Waals surface area contributed by atoms with Gasteiger partial charge in [0.05, 0.1) is 21.8 Å². The molecule has 0 amide bonds. The molecule has 90 valence electrons. The van der Waals surface area contributed by atoms with Crippen LogP contribution < -0.4 is 0 Å². The van der Waals surface area contributed by atoms with Crippen molar-refractivity contribution in [3.05, 3.63) is 47.3 Å². The second-order valence-corrected chi connectivity index (χ2v) is 5.57. The largest absolute Gasteiger partial charge is 0.392 e. The van der Waals surface area contributed by atoms with E-state index >= 15 is 0 Å². The fourth-order valence-electron chi connectivity index (χ4n) is 2.17. The molecule has 0 fully saturated rings. The first-order valence-corrected chi connectivity index (χ1v) is 6.84. The van der Waals surface area contributed by atoms with Gasteiger partial charge in [0.25, 0.3) is 0 Å². The van der Waals surface area contributed by atoms with E-state index in [9.17, 15) is 4.79 Å². The zero-order chi connectivity index (χ0) is 12.7. The topological polar surface area (TPSA) is 50.2 Å². The lowest BCUT2D eigenvalue weighted by Crippen LogP contribution is -2.17. The number of pyridine rings is 1. The number of aliphatic hydroxyl groups is 1. The van der Waals surface area contributed by atoms with E-state index in [0.717, 1.165) is 22.0 Å². The minimum atomic E-state index is -0.125. The Hall–Kier alpha value is -1.27. The maximum Gasteiger partial charge on any atom is 0.182 e. The highest BCUT2D eigenvalue weighted by molar-refractivity contribution is 14.1. The van der Waals surface area contributed by atoms with Gasteiger partial charge in [-0.3, -0.25) is 9.78 Å². The van der Waals surface area contributed by atoms with Crippen LogP contribution in [0.25, 0.3) is 16.8 Å². The number of carbonyl (C=O) groups excluding carboxylic acids is 1. The Kier molecular flexibility index (Phi) is 2.91. The Balaban J connectivity index is 2.32. The first-order valence-electron chi connectivity index (χ1n) is 5.59. The average Bonchev–Trinajstić information content (AvgIpc) is 2.41. The molecule has 3 nitrogen and oxygen atoms in total. The highest BCUT2D eigenvalue weighted by Gasteiger charge is 2.24. The van der Waals surface area contributed by atoms with Gasteiger partial charge in [-0.1, -0.05) is 40.8 Å². The molecular weight excluding hydrogens is 341 g/mol. The van der Waals surface area contributed by atoms with Crippen molar-refractivity contribution in [2.75, 3.05) is 0 Å². The van der Waals surface area contributed by atoms with Gasteiger partial charge in [-0.15, -0.1) is 0 Å². The monoisotopic (exact) mass is 351 g/mol. The molecule has 1 heterocycles. The van der Waals surface area contributed by atoms with Gasteiger partial charge in [0.15, 0.2) is 5.78 Å². The number of fused-ring (bicyclic) bond motifs is 3. The highest BCUT2D eigenvalue weighted by atomic mass is 127. The molecule has 0 bridgehead atoms. The van der Waals surface area contributed by atoms with Crippen LogP contribution >= 0.6 is 22.6 Å². The summed E-state index contributed by atoms with van der Waals surface area (Å²) < 4.78 is -0.125. The van der Waals surface area contributed by atoms with Gasteiger partial charge in [0.1, 0.15) is 0 Å². The molecule has 1 N–H and O–H groups in total. The van der Waals surface area contributed by atoms with E-state index in [1.165, 1.54) is 0 Å². The lowest BCUT2D eigenvalue weighted by molar-refractivity contribution is 0.100. The fraction of sp³-hybridized carbons (Fsp3) is 0.143. The van der Waals surface area contributed by atoms with Crippen molar-refractivity contribution in [1.82, 2.24) is 4.98 Å². The smallest absolute Gasteiger partial charge is 0.182 e. The Labute approximate surface area is 118 Å². The van der Waals surface area contributed by atoms with Gasteiger partial charge in [-0.25, -0.2) is 0 Å². The van der Waals surface area contributed by atoms with Gasteiger partial charge in [0, 0.05) is 11.6 Å². The van der Waals surface area contributed by atoms with Crippen LogP contribution in [0.2, 0.25) is 0 Å². The van der Waals surface area contributed by atoms with Crippen LogP contribution in [0.3, 0.4) is 0 Å². The third-order valence-corrected chi connectivity index (χ3v) is 4.07. The van der Waals surface area contributed by atoms with E-state index in [-0.39, 0.29) is 16.3 Å². The summed E-state index contributed by atoms with van der Waals surface area (Å²) in [5.41, 5.74) is 2.25. The third kappa shape index (κ3) is 1.76. The molecule has 0 saturated carbocycles. The number of Topliss-reactive ketones (excluding diaryl/α,β-unsaturated/α-hetero) is 1. The molecule has 2 aromatic rings. The second-order valence-electron chi connectivity index (χ2n) is 4.22. The summed E-state index contributed by atoms with van der Waals surface area (Å²) in [6.45, 7) is -0.00418. The zero-order valence-corrected chi connectivity index (χ0v) is 11.6. The number of rotatable bonds is 1. The van der Waals surface area contributed by atoms with Crippen LogP contribution in [0.15, 0.2) is 30.5 Å². The van der Waals surface area contributed by atoms with Crippen molar-refractivity contribution in [2.24, 2.45) is 0 Å². The number of benzene rings is 1. The Morgan fingerprint density at radius 3 is 3.00 bits per heavy atom. The average molecular weight is 351 g/mol. The van der Waals surface area contributed by atoms with Crippen LogP contribution in [0.5, 0.6) is 0 Å². The van der Waals surface area contributed by atoms with Crippen LogP contribution in [-0.4, -0.2) is 19.8 Å². The van der Waals surface area contributed by atoms with E-state index in [0.29, 0.717) is 5.56 Å². The maximum atomic E-state index is 12.2. The number of allylic oxidation sites excluding steroid dienone is 1. The first-order chi connectivity index (χ1) is 8.70. The number of aliphatic hydroxyl groups excluding tert-OH is 1. The zero-order valence-electron chi connectivity index (χ0n) is 9.43. The summed E-state index contributed by atoms with van der Waals surface area (Å²) in [5, 5.41) is 10.9. The molecule has 0 saturated heterocycles. The lowest BCUT2D eigenvalue weighted by Gasteiger charge is -2.15. The van der Waals surface area contributed by atoms with E-state index in [1.807, 2.05) is 30.4 Å². The third-order valence-electron chi connectivity index (χ3n) is 3.09. The van der Waals surface area contributed by atoms with Crippen molar-refractivity contribution in [3.8, 4) is 0 Å². The van der Waals surface area contributed by atoms with Crippen molar-refractivity contribution < 1.29 is 9.90 Å². The molecule has 1 aliphatic rings. The molecule has 18 heavy (non-hydrogen) atoms. The van der Waals surface area contributed by atoms with Crippen molar-refractivity contribution in [3.63, 3.8) is 0 Å². The number of carbonyl (C=O) groups is 1. The van der Waals surface area contributed by atoms with E-state index in [2.05, 4.69) is 27.6 Å². The maximum absolute atomic E-state index is 12.2. The van der Waals surface area contributed by atoms with Crippen LogP contribution in [0, 0.1) is 0 Å². The van der Waals surface area contributed by atoms with Crippen LogP contribution in [-0.2, 0) is 6.61 Å². The molecule has 1 aromatic carbocycles. The van der Waals surface area contributed by atoms with Gasteiger partial charge >= 0.3 is 0 Å². The Morgan fingerprint density at radius 2 is 2.22 bits per heavy atom. The molecule has 1 unspecified atom stereocenters. The summed E-state index contributed by atoms with van der Waals surface area (Å²) in [4.78, 5) is 16.6.